The number of carbonyl (C=O) groups excluding carboxylic acids is 1. The summed E-state index contributed by atoms with van der Waals surface area (Å²) in [6, 6.07) is 23.0. The van der Waals surface area contributed by atoms with Crippen LogP contribution in [0, 0.1) is 15.9 Å². The van der Waals surface area contributed by atoms with Crippen molar-refractivity contribution in [3.8, 4) is 11.3 Å². The Bertz CT molecular complexity index is 2180. The summed E-state index contributed by atoms with van der Waals surface area (Å²) in [5.41, 5.74) is 2.47. The van der Waals surface area contributed by atoms with Crippen molar-refractivity contribution in [1.29, 1.82) is 0 Å². The molecule has 232 valence electrons. The number of carbonyl (C=O) groups is 1. The number of nitro groups is 1. The molecule has 1 aliphatic rings. The van der Waals surface area contributed by atoms with E-state index in [0.29, 0.717) is 31.9 Å². The normalized spacial score (nSPS) is 14.7. The fourth-order valence-corrected chi connectivity index (χ4v) is 6.32. The Labute approximate surface area is 266 Å². The average molecular weight is 638 g/mol. The number of ether oxygens (including phenoxy) is 1. The molecule has 0 aliphatic carbocycles. The average Bonchev–Trinajstić information content (AvgIpc) is 3.64. The zero-order valence-corrected chi connectivity index (χ0v) is 25.9. The quantitative estimate of drug-likeness (QED) is 0.111. The second-order valence-corrected chi connectivity index (χ2v) is 11.9. The van der Waals surface area contributed by atoms with Crippen LogP contribution in [-0.4, -0.2) is 22.1 Å². The third kappa shape index (κ3) is 5.72. The van der Waals surface area contributed by atoms with Gasteiger partial charge in [0.05, 0.1) is 33.4 Å². The van der Waals surface area contributed by atoms with E-state index in [2.05, 4.69) is 13.8 Å². The Balaban J connectivity index is 1.53. The first-order chi connectivity index (χ1) is 22.2. The molecule has 3 aromatic carbocycles. The van der Waals surface area contributed by atoms with Crippen molar-refractivity contribution in [3.05, 3.63) is 149 Å². The molecule has 1 atom stereocenters. The maximum absolute atomic E-state index is 14.1. The third-order valence-electron chi connectivity index (χ3n) is 7.62. The number of benzene rings is 3. The van der Waals surface area contributed by atoms with E-state index in [-0.39, 0.29) is 29.4 Å². The molecule has 0 spiro atoms. The molecule has 0 N–H and O–H groups in total. The number of nitrogens with zero attached hydrogens (tertiary/aromatic N) is 3. The van der Waals surface area contributed by atoms with E-state index in [9.17, 15) is 24.1 Å². The van der Waals surface area contributed by atoms with Crippen LogP contribution >= 0.6 is 11.3 Å². The highest BCUT2D eigenvalue weighted by molar-refractivity contribution is 7.07. The van der Waals surface area contributed by atoms with E-state index in [1.54, 1.807) is 25.1 Å². The van der Waals surface area contributed by atoms with E-state index in [4.69, 9.17) is 14.1 Å². The lowest BCUT2D eigenvalue weighted by molar-refractivity contribution is -0.387. The van der Waals surface area contributed by atoms with Gasteiger partial charge in [0.1, 0.15) is 11.5 Å². The summed E-state index contributed by atoms with van der Waals surface area (Å²) in [6.07, 6.45) is 1.56. The molecule has 46 heavy (non-hydrogen) atoms. The number of hydrogen-bond donors (Lipinski definition) is 0. The van der Waals surface area contributed by atoms with Crippen molar-refractivity contribution in [2.75, 3.05) is 6.61 Å². The summed E-state index contributed by atoms with van der Waals surface area (Å²) in [5.74, 6) is -0.664. The Hall–Kier alpha value is -5.42. The number of esters is 1. The molecule has 2 aromatic heterocycles. The van der Waals surface area contributed by atoms with Crippen LogP contribution in [0.4, 0.5) is 10.1 Å². The number of aromatic nitrogens is 1. The molecule has 9 nitrogen and oxygen atoms in total. The minimum absolute atomic E-state index is 0.145. The van der Waals surface area contributed by atoms with Gasteiger partial charge >= 0.3 is 11.7 Å². The molecule has 6 rings (SSSR count). The molecule has 0 fully saturated rings. The number of fused-ring (bicyclic) bond motifs is 1. The fourth-order valence-electron chi connectivity index (χ4n) is 5.34. The number of thiazole rings is 1. The van der Waals surface area contributed by atoms with Crippen LogP contribution in [0.2, 0.25) is 0 Å². The van der Waals surface area contributed by atoms with Crippen LogP contribution in [0.1, 0.15) is 55.2 Å². The lowest BCUT2D eigenvalue weighted by Gasteiger charge is -2.26. The number of halogens is 1. The highest BCUT2D eigenvalue weighted by Crippen LogP contribution is 2.36. The van der Waals surface area contributed by atoms with Crippen LogP contribution < -0.4 is 14.9 Å². The van der Waals surface area contributed by atoms with Crippen LogP contribution in [0.3, 0.4) is 0 Å². The van der Waals surface area contributed by atoms with Gasteiger partial charge in [0.25, 0.3) is 5.56 Å². The van der Waals surface area contributed by atoms with E-state index < -0.39 is 28.4 Å². The second kappa shape index (κ2) is 12.5. The molecule has 0 saturated carbocycles. The number of furan rings is 1. The van der Waals surface area contributed by atoms with E-state index >= 15 is 0 Å². The lowest BCUT2D eigenvalue weighted by atomic mass is 9.91. The standard InChI is InChI=1S/C35H28FN3O6S/c1-4-44-34(41)30-31(22-8-6-5-7-9-22)37-35-38(32(30)23-12-10-21(11-13-23)20(2)3)33(40)29(46-35)19-25-15-17-28(45-25)24-14-16-26(36)27(18-24)39(42)43/h5-20,32H,4H2,1-3H3/b29-19-/t32-/m0/s1. The Morgan fingerprint density at radius 2 is 1.83 bits per heavy atom. The van der Waals surface area contributed by atoms with Gasteiger partial charge < -0.3 is 9.15 Å². The SMILES string of the molecule is CCOC(=O)C1=C(c2ccccc2)N=c2s/c(=C\c3ccc(-c4ccc(F)c([N+](=O)[O-])c4)o3)c(=O)n2[C@H]1c1ccc(C(C)C)cc1. The monoisotopic (exact) mass is 637 g/mol. The Kier molecular flexibility index (Phi) is 8.33. The van der Waals surface area contributed by atoms with Crippen molar-refractivity contribution in [1.82, 2.24) is 4.57 Å². The first-order valence-electron chi connectivity index (χ1n) is 14.6. The molecule has 5 aromatic rings. The highest BCUT2D eigenvalue weighted by atomic mass is 32.1. The molecule has 0 saturated heterocycles. The van der Waals surface area contributed by atoms with Gasteiger partial charge in [-0.05, 0) is 48.2 Å². The van der Waals surface area contributed by atoms with Gasteiger partial charge in [-0.15, -0.1) is 0 Å². The first-order valence-corrected chi connectivity index (χ1v) is 15.4. The third-order valence-corrected chi connectivity index (χ3v) is 8.60. The maximum atomic E-state index is 14.1. The minimum atomic E-state index is -0.952. The van der Waals surface area contributed by atoms with Gasteiger partial charge in [-0.2, -0.15) is 4.39 Å². The largest absolute Gasteiger partial charge is 0.463 e. The highest BCUT2D eigenvalue weighted by Gasteiger charge is 2.35. The fraction of sp³-hybridized carbons (Fsp3) is 0.171. The summed E-state index contributed by atoms with van der Waals surface area (Å²) in [6.45, 7) is 6.05. The smallest absolute Gasteiger partial charge is 0.338 e. The molecule has 0 unspecified atom stereocenters. The maximum Gasteiger partial charge on any atom is 0.338 e. The van der Waals surface area contributed by atoms with Gasteiger partial charge in [-0.1, -0.05) is 79.8 Å². The van der Waals surface area contributed by atoms with Crippen molar-refractivity contribution in [3.63, 3.8) is 0 Å². The molecule has 0 radical (unpaired) electrons. The first kappa shape index (κ1) is 30.6. The van der Waals surface area contributed by atoms with Gasteiger partial charge in [-0.25, -0.2) is 9.79 Å². The number of hydrogen-bond acceptors (Lipinski definition) is 8. The Morgan fingerprint density at radius 3 is 2.50 bits per heavy atom. The van der Waals surface area contributed by atoms with Gasteiger partial charge in [-0.3, -0.25) is 19.5 Å². The van der Waals surface area contributed by atoms with Crippen molar-refractivity contribution >= 4 is 34.8 Å². The molecule has 11 heteroatoms. The zero-order chi connectivity index (χ0) is 32.5. The minimum Gasteiger partial charge on any atom is -0.463 e. The summed E-state index contributed by atoms with van der Waals surface area (Å²) >= 11 is 1.15. The predicted octanol–water partition coefficient (Wildman–Crippen LogP) is 6.37. The summed E-state index contributed by atoms with van der Waals surface area (Å²) < 4.78 is 27.1. The number of rotatable bonds is 8. The molecule has 1 aliphatic heterocycles. The summed E-state index contributed by atoms with van der Waals surface area (Å²) in [7, 11) is 0. The summed E-state index contributed by atoms with van der Waals surface area (Å²) in [4.78, 5) is 43.4. The molecule has 3 heterocycles. The van der Waals surface area contributed by atoms with E-state index in [0.717, 1.165) is 34.6 Å². The lowest BCUT2D eigenvalue weighted by Crippen LogP contribution is -2.40. The van der Waals surface area contributed by atoms with Crippen LogP contribution in [0.15, 0.2) is 105 Å². The van der Waals surface area contributed by atoms with Gasteiger partial charge in [0.15, 0.2) is 4.80 Å². The van der Waals surface area contributed by atoms with Crippen molar-refractivity contribution < 1.29 is 23.3 Å². The van der Waals surface area contributed by atoms with E-state index in [1.165, 1.54) is 10.6 Å². The number of nitro benzene ring substituents is 1. The summed E-state index contributed by atoms with van der Waals surface area (Å²) in [5, 5.41) is 11.2. The van der Waals surface area contributed by atoms with Gasteiger partial charge in [0, 0.05) is 23.3 Å². The molecular weight excluding hydrogens is 609 g/mol. The second-order valence-electron chi connectivity index (χ2n) is 10.9. The van der Waals surface area contributed by atoms with E-state index in [1.807, 2.05) is 54.6 Å². The predicted molar refractivity (Wildman–Crippen MR) is 172 cm³/mol. The van der Waals surface area contributed by atoms with Crippen LogP contribution in [0.25, 0.3) is 23.1 Å². The van der Waals surface area contributed by atoms with Crippen LogP contribution in [-0.2, 0) is 9.53 Å². The van der Waals surface area contributed by atoms with Gasteiger partial charge in [0.2, 0.25) is 5.82 Å². The molecule has 0 amide bonds. The molecule has 0 bridgehead atoms. The zero-order valence-electron chi connectivity index (χ0n) is 25.1. The van der Waals surface area contributed by atoms with Crippen molar-refractivity contribution in [2.24, 2.45) is 4.99 Å². The topological polar surface area (TPSA) is 117 Å². The molecular formula is C35H28FN3O6S. The Morgan fingerprint density at radius 1 is 1.09 bits per heavy atom. The van der Waals surface area contributed by atoms with Crippen molar-refractivity contribution in [2.45, 2.75) is 32.7 Å². The van der Waals surface area contributed by atoms with Crippen LogP contribution in [0.5, 0.6) is 0 Å².